The quantitative estimate of drug-likeness (QED) is 0.819. The van der Waals surface area contributed by atoms with Gasteiger partial charge in [-0.05, 0) is 30.5 Å². The van der Waals surface area contributed by atoms with Crippen molar-refractivity contribution in [1.29, 1.82) is 0 Å². The van der Waals surface area contributed by atoms with Crippen LogP contribution in [-0.4, -0.2) is 21.6 Å². The molecule has 1 aromatic carbocycles. The number of carbonyl (C=O) groups excluding carboxylic acids is 1. The number of halogens is 2. The maximum Gasteiger partial charge on any atom is 0.331 e. The summed E-state index contributed by atoms with van der Waals surface area (Å²) >= 11 is 6.11. The predicted octanol–water partition coefficient (Wildman–Crippen LogP) is 1.32. The molecule has 1 aliphatic heterocycles. The molecule has 1 aromatic heterocycles. The van der Waals surface area contributed by atoms with Crippen LogP contribution in [0.25, 0.3) is 0 Å². The number of anilines is 1. The molecule has 0 N–H and O–H groups in total. The molecule has 0 saturated heterocycles. The Bertz CT molecular complexity index is 935. The van der Waals surface area contributed by atoms with Crippen LogP contribution in [0, 0.1) is 5.82 Å². The number of carbonyl (C=O) groups is 1. The number of fused-ring (bicyclic) bond motifs is 1. The van der Waals surface area contributed by atoms with Crippen molar-refractivity contribution in [2.45, 2.75) is 19.4 Å². The third-order valence-electron chi connectivity index (χ3n) is 4.12. The van der Waals surface area contributed by atoms with Crippen LogP contribution in [0.2, 0.25) is 5.02 Å². The Morgan fingerprint density at radius 1 is 1.29 bits per heavy atom. The third-order valence-corrected chi connectivity index (χ3v) is 4.48. The number of nitrogens with zero attached hydrogens (tertiary/aromatic N) is 3. The smallest absolute Gasteiger partial charge is 0.308 e. The van der Waals surface area contributed by atoms with Gasteiger partial charge in [-0.1, -0.05) is 11.6 Å². The topological polar surface area (TPSA) is 64.3 Å². The first-order valence-electron chi connectivity index (χ1n) is 7.44. The molecule has 6 nitrogen and oxygen atoms in total. The lowest BCUT2D eigenvalue weighted by Gasteiger charge is -2.30. The average Bonchev–Trinajstić information content (AvgIpc) is 2.58. The number of amides is 1. The van der Waals surface area contributed by atoms with E-state index in [1.807, 2.05) is 0 Å². The Hall–Kier alpha value is -2.41. The first-order chi connectivity index (χ1) is 11.4. The van der Waals surface area contributed by atoms with Gasteiger partial charge in [-0.25, -0.2) is 9.18 Å². The van der Waals surface area contributed by atoms with Gasteiger partial charge in [0.25, 0.3) is 5.56 Å². The standard InChI is InChI=1S/C16H15ClFN3O3/c1-19-13(22)6-8-20(16(19)24)9-14(23)21-7-2-3-10-11(17)4-5-12(18)15(10)21/h4-6,8H,2-3,7,9H2,1H3. The van der Waals surface area contributed by atoms with E-state index in [1.54, 1.807) is 0 Å². The highest BCUT2D eigenvalue weighted by molar-refractivity contribution is 6.32. The molecule has 0 radical (unpaired) electrons. The van der Waals surface area contributed by atoms with Gasteiger partial charge in [0, 0.05) is 30.9 Å². The van der Waals surface area contributed by atoms with Crippen molar-refractivity contribution in [2.24, 2.45) is 7.05 Å². The van der Waals surface area contributed by atoms with E-state index in [9.17, 15) is 18.8 Å². The molecule has 0 spiro atoms. The summed E-state index contributed by atoms with van der Waals surface area (Å²) in [6.45, 7) is 0.0714. The van der Waals surface area contributed by atoms with Gasteiger partial charge in [-0.2, -0.15) is 0 Å². The molecule has 0 bridgehead atoms. The molecular formula is C16H15ClFN3O3. The maximum absolute atomic E-state index is 14.2. The Labute approximate surface area is 141 Å². The van der Waals surface area contributed by atoms with Gasteiger partial charge in [0.2, 0.25) is 5.91 Å². The van der Waals surface area contributed by atoms with Crippen molar-refractivity contribution < 1.29 is 9.18 Å². The van der Waals surface area contributed by atoms with Gasteiger partial charge < -0.3 is 4.90 Å². The van der Waals surface area contributed by atoms with Crippen molar-refractivity contribution in [1.82, 2.24) is 9.13 Å². The molecule has 2 aromatic rings. The number of rotatable bonds is 2. The van der Waals surface area contributed by atoms with Crippen molar-refractivity contribution >= 4 is 23.2 Å². The second-order valence-electron chi connectivity index (χ2n) is 5.63. The fourth-order valence-corrected chi connectivity index (χ4v) is 3.10. The van der Waals surface area contributed by atoms with Gasteiger partial charge in [0.15, 0.2) is 0 Å². The Balaban J connectivity index is 1.96. The van der Waals surface area contributed by atoms with E-state index in [0.29, 0.717) is 30.0 Å². The highest BCUT2D eigenvalue weighted by Gasteiger charge is 2.27. The number of hydrogen-bond donors (Lipinski definition) is 0. The molecule has 0 saturated carbocycles. The van der Waals surface area contributed by atoms with Gasteiger partial charge in [0.05, 0.1) is 5.69 Å². The van der Waals surface area contributed by atoms with E-state index >= 15 is 0 Å². The summed E-state index contributed by atoms with van der Waals surface area (Å²) in [5, 5.41) is 0.420. The van der Waals surface area contributed by atoms with Crippen LogP contribution >= 0.6 is 11.6 Å². The summed E-state index contributed by atoms with van der Waals surface area (Å²) in [5.74, 6) is -0.951. The van der Waals surface area contributed by atoms with Crippen molar-refractivity contribution in [3.05, 3.63) is 61.6 Å². The second kappa shape index (κ2) is 6.24. The molecule has 8 heteroatoms. The van der Waals surface area contributed by atoms with Gasteiger partial charge in [-0.15, -0.1) is 0 Å². The van der Waals surface area contributed by atoms with Gasteiger partial charge in [0.1, 0.15) is 12.4 Å². The SMILES string of the molecule is Cn1c(=O)ccn(CC(=O)N2CCCc3c(Cl)ccc(F)c32)c1=O. The number of benzene rings is 1. The highest BCUT2D eigenvalue weighted by atomic mass is 35.5. The molecule has 3 rings (SSSR count). The molecule has 126 valence electrons. The van der Waals surface area contributed by atoms with Crippen molar-refractivity contribution in [2.75, 3.05) is 11.4 Å². The first kappa shape index (κ1) is 16.4. The summed E-state index contributed by atoms with van der Waals surface area (Å²) in [4.78, 5) is 37.4. The van der Waals surface area contributed by atoms with Crippen LogP contribution in [0.4, 0.5) is 10.1 Å². The summed E-state index contributed by atoms with van der Waals surface area (Å²) < 4.78 is 16.3. The van der Waals surface area contributed by atoms with E-state index in [-0.39, 0.29) is 12.2 Å². The van der Waals surface area contributed by atoms with Gasteiger partial charge in [-0.3, -0.25) is 18.7 Å². The van der Waals surface area contributed by atoms with E-state index < -0.39 is 23.0 Å². The third kappa shape index (κ3) is 2.75. The fraction of sp³-hybridized carbons (Fsp3) is 0.312. The van der Waals surface area contributed by atoms with Gasteiger partial charge >= 0.3 is 5.69 Å². The van der Waals surface area contributed by atoms with Crippen LogP contribution < -0.4 is 16.1 Å². The summed E-state index contributed by atoms with van der Waals surface area (Å²) in [7, 11) is 1.33. The predicted molar refractivity (Wildman–Crippen MR) is 88.0 cm³/mol. The minimum Gasteiger partial charge on any atom is -0.308 e. The molecule has 2 heterocycles. The highest BCUT2D eigenvalue weighted by Crippen LogP contribution is 2.35. The van der Waals surface area contributed by atoms with Crippen molar-refractivity contribution in [3.8, 4) is 0 Å². The Morgan fingerprint density at radius 3 is 2.79 bits per heavy atom. The monoisotopic (exact) mass is 351 g/mol. The summed E-state index contributed by atoms with van der Waals surface area (Å²) in [5.41, 5.74) is -0.273. The molecule has 0 aliphatic carbocycles. The van der Waals surface area contributed by atoms with E-state index in [0.717, 1.165) is 9.13 Å². The van der Waals surface area contributed by atoms with Crippen LogP contribution in [0.5, 0.6) is 0 Å². The van der Waals surface area contributed by atoms with Crippen LogP contribution in [0.1, 0.15) is 12.0 Å². The lowest BCUT2D eigenvalue weighted by molar-refractivity contribution is -0.119. The zero-order valence-corrected chi connectivity index (χ0v) is 13.7. The summed E-state index contributed by atoms with van der Waals surface area (Å²) in [6, 6.07) is 3.91. The largest absolute Gasteiger partial charge is 0.331 e. The minimum absolute atomic E-state index is 0.177. The number of hydrogen-bond acceptors (Lipinski definition) is 3. The molecule has 0 unspecified atom stereocenters. The zero-order valence-electron chi connectivity index (χ0n) is 13.0. The molecule has 0 atom stereocenters. The number of aromatic nitrogens is 2. The van der Waals surface area contributed by atoms with E-state index in [2.05, 4.69) is 0 Å². The maximum atomic E-state index is 14.2. The molecule has 0 fully saturated rings. The molecule has 24 heavy (non-hydrogen) atoms. The Kier molecular flexibility index (Phi) is 4.28. The fourth-order valence-electron chi connectivity index (χ4n) is 2.86. The van der Waals surface area contributed by atoms with Crippen LogP contribution in [0.15, 0.2) is 34.0 Å². The van der Waals surface area contributed by atoms with E-state index in [4.69, 9.17) is 11.6 Å². The van der Waals surface area contributed by atoms with Crippen LogP contribution in [0.3, 0.4) is 0 Å². The minimum atomic E-state index is -0.598. The van der Waals surface area contributed by atoms with Crippen LogP contribution in [-0.2, 0) is 24.8 Å². The second-order valence-corrected chi connectivity index (χ2v) is 6.04. The molecular weight excluding hydrogens is 337 g/mol. The lowest BCUT2D eigenvalue weighted by Crippen LogP contribution is -2.43. The average molecular weight is 352 g/mol. The lowest BCUT2D eigenvalue weighted by atomic mass is 10.0. The molecule has 1 aliphatic rings. The Morgan fingerprint density at radius 2 is 2.04 bits per heavy atom. The summed E-state index contributed by atoms with van der Waals surface area (Å²) in [6.07, 6.45) is 2.52. The van der Waals surface area contributed by atoms with E-state index in [1.165, 1.54) is 36.3 Å². The first-order valence-corrected chi connectivity index (χ1v) is 7.81. The van der Waals surface area contributed by atoms with Crippen molar-refractivity contribution in [3.63, 3.8) is 0 Å². The molecule has 1 amide bonds. The zero-order chi connectivity index (χ0) is 17.4. The normalized spacial score (nSPS) is 13.7.